The minimum Gasteiger partial charge on any atom is -0.449 e. The van der Waals surface area contributed by atoms with Gasteiger partial charge in [-0.15, -0.1) is 0 Å². The minimum absolute atomic E-state index is 0.206. The molecule has 1 aromatic rings. The second kappa shape index (κ2) is 11.5. The van der Waals surface area contributed by atoms with E-state index in [4.69, 9.17) is 4.74 Å². The standard InChI is InChI=1S/C23H38N4O3/c1-20(2)19-30-23(29)27-10-6-9-24(13-16-27)17-22(28)18-25-11-14-26(15-12-25)21-7-4-3-5-8-21/h3-5,7-8,20,22,28H,6,9-19H2,1-2H3. The molecule has 2 saturated heterocycles. The highest BCUT2D eigenvalue weighted by Gasteiger charge is 2.24. The fourth-order valence-corrected chi connectivity index (χ4v) is 4.15. The molecule has 0 radical (unpaired) electrons. The lowest BCUT2D eigenvalue weighted by Gasteiger charge is -2.37. The molecule has 2 aliphatic heterocycles. The van der Waals surface area contributed by atoms with Gasteiger partial charge in [0.2, 0.25) is 0 Å². The Balaban J connectivity index is 1.36. The van der Waals surface area contributed by atoms with Crippen LogP contribution >= 0.6 is 0 Å². The van der Waals surface area contributed by atoms with E-state index >= 15 is 0 Å². The van der Waals surface area contributed by atoms with Gasteiger partial charge in [-0.3, -0.25) is 9.80 Å². The molecule has 1 atom stereocenters. The van der Waals surface area contributed by atoms with Crippen LogP contribution in [0.15, 0.2) is 30.3 Å². The van der Waals surface area contributed by atoms with Gasteiger partial charge in [0, 0.05) is 64.6 Å². The maximum Gasteiger partial charge on any atom is 0.409 e. The van der Waals surface area contributed by atoms with Crippen LogP contribution in [0.2, 0.25) is 0 Å². The predicted octanol–water partition coefficient (Wildman–Crippen LogP) is 1.97. The Kier molecular flexibility index (Phi) is 8.78. The zero-order chi connectivity index (χ0) is 21.3. The molecule has 2 heterocycles. The maximum atomic E-state index is 12.2. The number of anilines is 1. The second-order valence-electron chi connectivity index (χ2n) is 8.89. The molecule has 0 aliphatic carbocycles. The number of para-hydroxylation sites is 1. The fraction of sp³-hybridized carbons (Fsp3) is 0.696. The zero-order valence-corrected chi connectivity index (χ0v) is 18.6. The number of aliphatic hydroxyl groups is 1. The smallest absolute Gasteiger partial charge is 0.409 e. The number of hydrogen-bond donors (Lipinski definition) is 1. The van der Waals surface area contributed by atoms with Gasteiger partial charge in [-0.1, -0.05) is 32.0 Å². The first kappa shape index (κ1) is 22.8. The van der Waals surface area contributed by atoms with Crippen LogP contribution < -0.4 is 4.90 Å². The number of benzene rings is 1. The Morgan fingerprint density at radius 2 is 1.57 bits per heavy atom. The van der Waals surface area contributed by atoms with Crippen LogP contribution in [0.1, 0.15) is 20.3 Å². The van der Waals surface area contributed by atoms with Crippen molar-refractivity contribution < 1.29 is 14.6 Å². The Bertz CT molecular complexity index is 635. The molecule has 0 aromatic heterocycles. The summed E-state index contributed by atoms with van der Waals surface area (Å²) in [6.07, 6.45) is 0.342. The van der Waals surface area contributed by atoms with Crippen LogP contribution in [-0.4, -0.2) is 104 Å². The third-order valence-electron chi connectivity index (χ3n) is 5.82. The summed E-state index contributed by atoms with van der Waals surface area (Å²) >= 11 is 0. The molecule has 0 spiro atoms. The summed E-state index contributed by atoms with van der Waals surface area (Å²) in [5, 5.41) is 10.6. The van der Waals surface area contributed by atoms with Crippen molar-refractivity contribution in [2.24, 2.45) is 5.92 Å². The van der Waals surface area contributed by atoms with E-state index in [0.717, 1.165) is 52.2 Å². The van der Waals surface area contributed by atoms with E-state index in [1.165, 1.54) is 5.69 Å². The van der Waals surface area contributed by atoms with Crippen LogP contribution in [0.25, 0.3) is 0 Å². The van der Waals surface area contributed by atoms with Gasteiger partial charge in [0.1, 0.15) is 0 Å². The summed E-state index contributed by atoms with van der Waals surface area (Å²) in [7, 11) is 0. The fourth-order valence-electron chi connectivity index (χ4n) is 4.15. The van der Waals surface area contributed by atoms with Crippen LogP contribution in [-0.2, 0) is 4.74 Å². The van der Waals surface area contributed by atoms with Gasteiger partial charge in [-0.05, 0) is 31.0 Å². The summed E-state index contributed by atoms with van der Waals surface area (Å²) in [6.45, 7) is 12.9. The highest BCUT2D eigenvalue weighted by atomic mass is 16.6. The second-order valence-corrected chi connectivity index (χ2v) is 8.89. The quantitative estimate of drug-likeness (QED) is 0.731. The van der Waals surface area contributed by atoms with Gasteiger partial charge in [0.25, 0.3) is 0 Å². The van der Waals surface area contributed by atoms with E-state index in [2.05, 4.69) is 39.0 Å². The normalized spacial score (nSPS) is 20.3. The number of β-amino-alcohol motifs (C(OH)–C–C–N with tert-alkyl or cyclic N) is 1. The van der Waals surface area contributed by atoms with Crippen molar-refractivity contribution in [3.8, 4) is 0 Å². The SMILES string of the molecule is CC(C)COC(=O)N1CCCN(CC(O)CN2CCN(c3ccccc3)CC2)CC1. The molecule has 0 saturated carbocycles. The van der Waals surface area contributed by atoms with Crippen molar-refractivity contribution >= 4 is 11.8 Å². The molecule has 3 rings (SSSR count). The molecule has 1 amide bonds. The third-order valence-corrected chi connectivity index (χ3v) is 5.82. The van der Waals surface area contributed by atoms with Gasteiger partial charge in [-0.25, -0.2) is 4.79 Å². The molecular formula is C23H38N4O3. The summed E-state index contributed by atoms with van der Waals surface area (Å²) < 4.78 is 5.36. The number of hydrogen-bond acceptors (Lipinski definition) is 6. The molecule has 7 heteroatoms. The molecule has 1 unspecified atom stereocenters. The summed E-state index contributed by atoms with van der Waals surface area (Å²) in [5.41, 5.74) is 1.28. The first-order valence-electron chi connectivity index (χ1n) is 11.4. The van der Waals surface area contributed by atoms with E-state index in [0.29, 0.717) is 32.2 Å². The molecule has 168 valence electrons. The highest BCUT2D eigenvalue weighted by molar-refractivity contribution is 5.67. The van der Waals surface area contributed by atoms with Crippen molar-refractivity contribution in [1.29, 1.82) is 0 Å². The van der Waals surface area contributed by atoms with Gasteiger partial charge in [-0.2, -0.15) is 0 Å². The number of carbonyl (C=O) groups excluding carboxylic acids is 1. The van der Waals surface area contributed by atoms with E-state index in [1.807, 2.05) is 19.9 Å². The van der Waals surface area contributed by atoms with Crippen molar-refractivity contribution in [1.82, 2.24) is 14.7 Å². The van der Waals surface area contributed by atoms with Crippen molar-refractivity contribution in [3.05, 3.63) is 30.3 Å². The number of piperazine rings is 1. The lowest BCUT2D eigenvalue weighted by atomic mass is 10.2. The molecule has 7 nitrogen and oxygen atoms in total. The molecular weight excluding hydrogens is 380 g/mol. The minimum atomic E-state index is -0.368. The van der Waals surface area contributed by atoms with Crippen LogP contribution in [0.3, 0.4) is 0 Å². The van der Waals surface area contributed by atoms with Crippen LogP contribution in [0, 0.1) is 5.92 Å². The number of rotatable bonds is 7. The molecule has 2 fully saturated rings. The number of carbonyl (C=O) groups is 1. The average Bonchev–Trinajstić information content (AvgIpc) is 2.98. The van der Waals surface area contributed by atoms with Gasteiger partial charge < -0.3 is 19.6 Å². The Morgan fingerprint density at radius 1 is 0.933 bits per heavy atom. The molecule has 0 bridgehead atoms. The topological polar surface area (TPSA) is 59.5 Å². The molecule has 1 N–H and O–H groups in total. The number of nitrogens with zero attached hydrogens (tertiary/aromatic N) is 4. The predicted molar refractivity (Wildman–Crippen MR) is 120 cm³/mol. The summed E-state index contributed by atoms with van der Waals surface area (Å²) in [5.74, 6) is 0.349. The van der Waals surface area contributed by atoms with Gasteiger partial charge >= 0.3 is 6.09 Å². The number of amides is 1. The Morgan fingerprint density at radius 3 is 2.23 bits per heavy atom. The Hall–Kier alpha value is -1.83. The van der Waals surface area contributed by atoms with E-state index in [-0.39, 0.29) is 12.2 Å². The van der Waals surface area contributed by atoms with E-state index in [1.54, 1.807) is 4.90 Å². The lowest BCUT2D eigenvalue weighted by Crippen LogP contribution is -2.50. The first-order chi connectivity index (χ1) is 14.5. The van der Waals surface area contributed by atoms with Gasteiger partial charge in [0.05, 0.1) is 12.7 Å². The van der Waals surface area contributed by atoms with Crippen molar-refractivity contribution in [2.75, 3.05) is 77.0 Å². The van der Waals surface area contributed by atoms with E-state index < -0.39 is 0 Å². The maximum absolute atomic E-state index is 12.2. The number of aliphatic hydroxyl groups excluding tert-OH is 1. The summed E-state index contributed by atoms with van der Waals surface area (Å²) in [6, 6.07) is 10.5. The number of ether oxygens (including phenoxy) is 1. The van der Waals surface area contributed by atoms with Crippen molar-refractivity contribution in [2.45, 2.75) is 26.4 Å². The van der Waals surface area contributed by atoms with E-state index in [9.17, 15) is 9.90 Å². The van der Waals surface area contributed by atoms with Crippen LogP contribution in [0.5, 0.6) is 0 Å². The summed E-state index contributed by atoms with van der Waals surface area (Å²) in [4.78, 5) is 21.0. The monoisotopic (exact) mass is 418 g/mol. The molecule has 30 heavy (non-hydrogen) atoms. The van der Waals surface area contributed by atoms with Crippen LogP contribution in [0.4, 0.5) is 10.5 Å². The lowest BCUT2D eigenvalue weighted by molar-refractivity contribution is 0.0711. The third kappa shape index (κ3) is 7.15. The Labute approximate surface area is 181 Å². The first-order valence-corrected chi connectivity index (χ1v) is 11.4. The largest absolute Gasteiger partial charge is 0.449 e. The zero-order valence-electron chi connectivity index (χ0n) is 18.6. The average molecular weight is 419 g/mol. The molecule has 2 aliphatic rings. The molecule has 1 aromatic carbocycles. The van der Waals surface area contributed by atoms with Gasteiger partial charge in [0.15, 0.2) is 0 Å². The highest BCUT2D eigenvalue weighted by Crippen LogP contribution is 2.16. The van der Waals surface area contributed by atoms with Crippen molar-refractivity contribution in [3.63, 3.8) is 0 Å².